The third kappa shape index (κ3) is 6.82. The summed E-state index contributed by atoms with van der Waals surface area (Å²) >= 11 is 0. The van der Waals surface area contributed by atoms with Crippen molar-refractivity contribution < 1.29 is 18.7 Å². The van der Waals surface area contributed by atoms with E-state index in [1.165, 1.54) is 30.5 Å². The molecule has 1 saturated heterocycles. The third-order valence-electron chi connectivity index (χ3n) is 5.73. The van der Waals surface area contributed by atoms with E-state index in [0.29, 0.717) is 42.2 Å². The Morgan fingerprint density at radius 3 is 2.74 bits per heavy atom. The number of pyridine rings is 2. The number of carbonyl (C=O) groups is 1. The van der Waals surface area contributed by atoms with Crippen molar-refractivity contribution >= 4 is 11.7 Å². The molecule has 0 radical (unpaired) electrons. The van der Waals surface area contributed by atoms with E-state index in [0.717, 1.165) is 31.7 Å². The maximum atomic E-state index is 13.4. The van der Waals surface area contributed by atoms with E-state index in [1.54, 1.807) is 30.3 Å². The van der Waals surface area contributed by atoms with Gasteiger partial charge in [0.1, 0.15) is 17.4 Å². The molecule has 184 valence electrons. The third-order valence-corrected chi connectivity index (χ3v) is 5.73. The fourth-order valence-corrected chi connectivity index (χ4v) is 3.97. The lowest BCUT2D eigenvalue weighted by Crippen LogP contribution is -2.48. The van der Waals surface area contributed by atoms with Gasteiger partial charge < -0.3 is 14.8 Å². The molecule has 0 unspecified atom stereocenters. The van der Waals surface area contributed by atoms with E-state index in [9.17, 15) is 9.18 Å². The molecule has 3 aromatic rings. The van der Waals surface area contributed by atoms with Crippen LogP contribution in [0.15, 0.2) is 60.9 Å². The van der Waals surface area contributed by atoms with E-state index >= 15 is 0 Å². The van der Waals surface area contributed by atoms with Crippen LogP contribution in [0.3, 0.4) is 0 Å². The van der Waals surface area contributed by atoms with Crippen LogP contribution in [0.2, 0.25) is 0 Å². The number of aromatic nitrogens is 2. The normalized spacial score (nSPS) is 16.1. The van der Waals surface area contributed by atoms with Gasteiger partial charge in [-0.25, -0.2) is 14.4 Å². The van der Waals surface area contributed by atoms with Crippen molar-refractivity contribution in [2.75, 3.05) is 44.8 Å². The van der Waals surface area contributed by atoms with E-state index in [1.807, 2.05) is 12.1 Å². The Morgan fingerprint density at radius 1 is 1.20 bits per heavy atom. The zero-order valence-corrected chi connectivity index (χ0v) is 20.0. The molecule has 0 spiro atoms. The lowest BCUT2D eigenvalue weighted by molar-refractivity contribution is 0.0974. The zero-order valence-electron chi connectivity index (χ0n) is 20.0. The lowest BCUT2D eigenvalue weighted by atomic mass is 10.2. The van der Waals surface area contributed by atoms with Gasteiger partial charge in [-0.05, 0) is 55.0 Å². The van der Waals surface area contributed by atoms with Gasteiger partial charge in [-0.15, -0.1) is 0 Å². The molecule has 1 aliphatic heterocycles. The summed E-state index contributed by atoms with van der Waals surface area (Å²) in [6.45, 7) is 6.61. The summed E-state index contributed by atoms with van der Waals surface area (Å²) in [7, 11) is 1.60. The first-order valence-corrected chi connectivity index (χ1v) is 11.6. The molecular weight excluding hydrogens is 449 g/mol. The van der Waals surface area contributed by atoms with Crippen molar-refractivity contribution in [2.45, 2.75) is 19.5 Å². The van der Waals surface area contributed by atoms with Crippen LogP contribution in [0.5, 0.6) is 11.6 Å². The van der Waals surface area contributed by atoms with E-state index in [4.69, 9.17) is 9.47 Å². The van der Waals surface area contributed by atoms with Crippen molar-refractivity contribution in [1.82, 2.24) is 20.2 Å². The van der Waals surface area contributed by atoms with Crippen molar-refractivity contribution in [1.29, 1.82) is 0 Å². The van der Waals surface area contributed by atoms with E-state index in [-0.39, 0.29) is 11.7 Å². The van der Waals surface area contributed by atoms with E-state index in [2.05, 4.69) is 27.1 Å². The average molecular weight is 480 g/mol. The first-order chi connectivity index (χ1) is 17.0. The van der Waals surface area contributed by atoms with Gasteiger partial charge in [0, 0.05) is 57.8 Å². The summed E-state index contributed by atoms with van der Waals surface area (Å²) in [5.74, 6) is 0.756. The van der Waals surface area contributed by atoms with Crippen molar-refractivity contribution in [2.24, 2.45) is 0 Å². The molecule has 9 heteroatoms. The number of carbonyl (C=O) groups excluding carboxylic acids is 1. The molecular formula is C26H30FN5O3. The highest BCUT2D eigenvalue weighted by atomic mass is 19.1. The molecule has 3 heterocycles. The van der Waals surface area contributed by atoms with Crippen LogP contribution in [-0.2, 0) is 11.3 Å². The van der Waals surface area contributed by atoms with Crippen LogP contribution in [0.25, 0.3) is 0 Å². The molecule has 1 amide bonds. The molecule has 2 aromatic heterocycles. The molecule has 1 atom stereocenters. The van der Waals surface area contributed by atoms with Gasteiger partial charge in [-0.3, -0.25) is 14.6 Å². The highest BCUT2D eigenvalue weighted by Gasteiger charge is 2.21. The number of rotatable bonds is 9. The number of amides is 1. The highest BCUT2D eigenvalue weighted by molar-refractivity contribution is 6.05. The van der Waals surface area contributed by atoms with Crippen LogP contribution in [0.1, 0.15) is 22.8 Å². The monoisotopic (exact) mass is 479 g/mol. The largest absolute Gasteiger partial charge is 0.439 e. The summed E-state index contributed by atoms with van der Waals surface area (Å²) in [4.78, 5) is 26.1. The molecule has 0 bridgehead atoms. The topological polar surface area (TPSA) is 79.8 Å². The summed E-state index contributed by atoms with van der Waals surface area (Å²) < 4.78 is 24.0. The number of anilines is 1. The van der Waals surface area contributed by atoms with Crippen LogP contribution >= 0.6 is 0 Å². The summed E-state index contributed by atoms with van der Waals surface area (Å²) in [6, 6.07) is 13.3. The minimum Gasteiger partial charge on any atom is -0.439 e. The number of nitrogens with zero attached hydrogens (tertiary/aromatic N) is 4. The van der Waals surface area contributed by atoms with Gasteiger partial charge in [0.2, 0.25) is 5.88 Å². The first kappa shape index (κ1) is 24.7. The second kappa shape index (κ2) is 11.8. The summed E-state index contributed by atoms with van der Waals surface area (Å²) in [5, 5.41) is 3.45. The van der Waals surface area contributed by atoms with Gasteiger partial charge in [-0.2, -0.15) is 0 Å². The van der Waals surface area contributed by atoms with Gasteiger partial charge in [0.15, 0.2) is 0 Å². The van der Waals surface area contributed by atoms with Crippen LogP contribution in [-0.4, -0.2) is 66.7 Å². The maximum absolute atomic E-state index is 13.4. The molecule has 35 heavy (non-hydrogen) atoms. The summed E-state index contributed by atoms with van der Waals surface area (Å²) in [6.07, 6.45) is 3.20. The molecule has 1 aliphatic rings. The molecule has 0 aliphatic carbocycles. The average Bonchev–Trinajstić information content (AvgIpc) is 2.86. The van der Waals surface area contributed by atoms with Crippen molar-refractivity contribution in [3.8, 4) is 11.6 Å². The summed E-state index contributed by atoms with van der Waals surface area (Å²) in [5.41, 5.74) is 1.50. The van der Waals surface area contributed by atoms with Gasteiger partial charge in [0.05, 0.1) is 18.7 Å². The zero-order chi connectivity index (χ0) is 24.6. The number of methoxy groups -OCH3 is 1. The SMILES string of the molecule is COCCN(C(=O)c1ccc(Oc2ccc(F)cc2)nc1)c1cc(CN2CCN[C@@H](C)C2)ccn1. The van der Waals surface area contributed by atoms with Crippen LogP contribution in [0.4, 0.5) is 10.2 Å². The second-order valence-corrected chi connectivity index (χ2v) is 8.50. The van der Waals surface area contributed by atoms with Crippen LogP contribution in [0, 0.1) is 5.82 Å². The number of ether oxygens (including phenoxy) is 2. The minimum atomic E-state index is -0.345. The number of piperazine rings is 1. The minimum absolute atomic E-state index is 0.233. The first-order valence-electron chi connectivity index (χ1n) is 11.6. The fourth-order valence-electron chi connectivity index (χ4n) is 3.97. The maximum Gasteiger partial charge on any atom is 0.261 e. The van der Waals surface area contributed by atoms with Crippen molar-refractivity contribution in [3.05, 3.63) is 77.9 Å². The number of hydrogen-bond donors (Lipinski definition) is 1. The Kier molecular flexibility index (Phi) is 8.36. The Balaban J connectivity index is 1.48. The Bertz CT molecular complexity index is 1110. The fraction of sp³-hybridized carbons (Fsp3) is 0.346. The lowest BCUT2D eigenvalue weighted by Gasteiger charge is -2.32. The smallest absolute Gasteiger partial charge is 0.261 e. The predicted molar refractivity (Wildman–Crippen MR) is 131 cm³/mol. The van der Waals surface area contributed by atoms with Gasteiger partial charge in [0.25, 0.3) is 5.91 Å². The van der Waals surface area contributed by atoms with Crippen molar-refractivity contribution in [3.63, 3.8) is 0 Å². The number of nitrogens with one attached hydrogen (secondary N) is 1. The number of benzene rings is 1. The molecule has 1 aromatic carbocycles. The number of halogens is 1. The highest BCUT2D eigenvalue weighted by Crippen LogP contribution is 2.22. The standard InChI is InChI=1S/C26H30FN5O3/c1-19-17-31(12-11-28-19)18-20-9-10-29-24(15-20)32(13-14-34-2)26(33)21-3-8-25(30-16-21)35-23-6-4-22(27)5-7-23/h3-10,15-16,19,28H,11-14,17-18H2,1-2H3/t19-/m0/s1. The molecule has 1 N–H and O–H groups in total. The molecule has 4 rings (SSSR count). The van der Waals surface area contributed by atoms with Gasteiger partial charge >= 0.3 is 0 Å². The molecule has 1 fully saturated rings. The van der Waals surface area contributed by atoms with Gasteiger partial charge in [-0.1, -0.05) is 0 Å². The predicted octanol–water partition coefficient (Wildman–Crippen LogP) is 3.49. The molecule has 8 nitrogen and oxygen atoms in total. The Labute approximate surface area is 204 Å². The molecule has 0 saturated carbocycles. The number of hydrogen-bond acceptors (Lipinski definition) is 7. The Morgan fingerprint density at radius 2 is 2.03 bits per heavy atom. The quantitative estimate of drug-likeness (QED) is 0.503. The Hall–Kier alpha value is -3.40. The van der Waals surface area contributed by atoms with Crippen LogP contribution < -0.4 is 15.0 Å². The second-order valence-electron chi connectivity index (χ2n) is 8.50. The van der Waals surface area contributed by atoms with E-state index < -0.39 is 0 Å².